The van der Waals surface area contributed by atoms with Gasteiger partial charge in [0.1, 0.15) is 11.5 Å². The van der Waals surface area contributed by atoms with Gasteiger partial charge in [0.15, 0.2) is 0 Å². The van der Waals surface area contributed by atoms with Crippen LogP contribution in [0.4, 0.5) is 20.2 Å². The molecule has 1 aromatic rings. The Morgan fingerprint density at radius 1 is 1.53 bits per heavy atom. The van der Waals surface area contributed by atoms with Gasteiger partial charge >= 0.3 is 11.7 Å². The summed E-state index contributed by atoms with van der Waals surface area (Å²) in [6.45, 7) is 1.28. The summed E-state index contributed by atoms with van der Waals surface area (Å²) in [5, 5.41) is 19.5. The first-order chi connectivity index (χ1) is 8.73. The third-order valence-electron chi connectivity index (χ3n) is 2.57. The predicted molar refractivity (Wildman–Crippen MR) is 63.1 cm³/mol. The lowest BCUT2D eigenvalue weighted by Gasteiger charge is -2.21. The van der Waals surface area contributed by atoms with Gasteiger partial charge in [-0.05, 0) is 0 Å². The van der Waals surface area contributed by atoms with E-state index in [1.165, 1.54) is 14.0 Å². The van der Waals surface area contributed by atoms with E-state index in [1.54, 1.807) is 0 Å². The molecule has 0 aromatic heterocycles. The first-order valence-electron chi connectivity index (χ1n) is 5.31. The van der Waals surface area contributed by atoms with E-state index in [2.05, 4.69) is 0 Å². The minimum absolute atomic E-state index is 0.112. The summed E-state index contributed by atoms with van der Waals surface area (Å²) in [6, 6.07) is 1.21. The molecular formula is C11H12F2N2O4. The van der Waals surface area contributed by atoms with E-state index in [0.29, 0.717) is 6.07 Å². The molecule has 1 rings (SSSR count). The molecule has 1 atom stereocenters. The monoisotopic (exact) mass is 274 g/mol. The van der Waals surface area contributed by atoms with Crippen molar-refractivity contribution < 1.29 is 23.6 Å². The maximum absolute atomic E-state index is 13.4. The minimum Gasteiger partial charge on any atom is -0.481 e. The van der Waals surface area contributed by atoms with Crippen molar-refractivity contribution in [2.45, 2.75) is 6.92 Å². The molecule has 0 aliphatic carbocycles. The van der Waals surface area contributed by atoms with Gasteiger partial charge in [0.05, 0.1) is 10.8 Å². The first kappa shape index (κ1) is 14.8. The number of hydrogen-bond acceptors (Lipinski definition) is 4. The fourth-order valence-electron chi connectivity index (χ4n) is 1.61. The Morgan fingerprint density at radius 2 is 2.11 bits per heavy atom. The quantitative estimate of drug-likeness (QED) is 0.656. The predicted octanol–water partition coefficient (Wildman–Crippen LogP) is 2.03. The molecule has 0 fully saturated rings. The number of aliphatic carboxylic acids is 1. The van der Waals surface area contributed by atoms with Crippen molar-refractivity contribution in [2.75, 3.05) is 18.5 Å². The molecule has 0 amide bonds. The Bertz CT molecular complexity index is 522. The lowest BCUT2D eigenvalue weighted by atomic mass is 10.1. The summed E-state index contributed by atoms with van der Waals surface area (Å²) < 4.78 is 26.5. The molecule has 0 radical (unpaired) electrons. The summed E-state index contributed by atoms with van der Waals surface area (Å²) in [6.07, 6.45) is 0. The van der Waals surface area contributed by atoms with Crippen LogP contribution < -0.4 is 4.90 Å². The molecule has 8 heteroatoms. The zero-order valence-electron chi connectivity index (χ0n) is 10.3. The average molecular weight is 274 g/mol. The van der Waals surface area contributed by atoms with Crippen molar-refractivity contribution in [3.63, 3.8) is 0 Å². The highest BCUT2D eigenvalue weighted by Crippen LogP contribution is 2.31. The molecule has 1 unspecified atom stereocenters. The van der Waals surface area contributed by atoms with Crippen molar-refractivity contribution in [2.24, 2.45) is 5.92 Å². The molecule has 1 N–H and O–H groups in total. The third kappa shape index (κ3) is 3.36. The number of benzene rings is 1. The van der Waals surface area contributed by atoms with E-state index >= 15 is 0 Å². The van der Waals surface area contributed by atoms with Gasteiger partial charge in [-0.25, -0.2) is 4.39 Å². The lowest BCUT2D eigenvalue weighted by Crippen LogP contribution is -2.29. The molecular weight excluding hydrogens is 262 g/mol. The van der Waals surface area contributed by atoms with Gasteiger partial charge in [-0.3, -0.25) is 14.9 Å². The van der Waals surface area contributed by atoms with E-state index < -0.39 is 34.1 Å². The summed E-state index contributed by atoms with van der Waals surface area (Å²) in [7, 11) is 1.33. The second kappa shape index (κ2) is 5.59. The summed E-state index contributed by atoms with van der Waals surface area (Å²) in [4.78, 5) is 21.7. The van der Waals surface area contributed by atoms with E-state index in [1.807, 2.05) is 0 Å². The molecule has 0 aliphatic rings. The largest absolute Gasteiger partial charge is 0.481 e. The topological polar surface area (TPSA) is 83.7 Å². The number of nitro groups is 1. The SMILES string of the molecule is CC(CN(C)c1cc(F)cc(F)c1[N+](=O)[O-])C(=O)O. The zero-order valence-corrected chi connectivity index (χ0v) is 10.3. The number of rotatable bonds is 5. The molecule has 104 valence electrons. The van der Waals surface area contributed by atoms with Crippen LogP contribution in [0.5, 0.6) is 0 Å². The number of anilines is 1. The summed E-state index contributed by atoms with van der Waals surface area (Å²) in [5.41, 5.74) is -1.17. The number of carboxylic acids is 1. The average Bonchev–Trinajstić information content (AvgIpc) is 2.26. The summed E-state index contributed by atoms with van der Waals surface area (Å²) >= 11 is 0. The van der Waals surface area contributed by atoms with Crippen molar-refractivity contribution in [3.8, 4) is 0 Å². The maximum Gasteiger partial charge on any atom is 0.328 e. The zero-order chi connectivity index (χ0) is 14.7. The highest BCUT2D eigenvalue weighted by atomic mass is 19.1. The van der Waals surface area contributed by atoms with Gasteiger partial charge < -0.3 is 10.0 Å². The Balaban J connectivity index is 3.18. The number of carbonyl (C=O) groups is 1. The van der Waals surface area contributed by atoms with Crippen molar-refractivity contribution in [1.82, 2.24) is 0 Å². The number of carboxylic acid groups (broad SMARTS) is 1. The molecule has 0 saturated heterocycles. The fraction of sp³-hybridized carbons (Fsp3) is 0.364. The van der Waals surface area contributed by atoms with Crippen LogP contribution in [0.2, 0.25) is 0 Å². The van der Waals surface area contributed by atoms with Crippen LogP contribution in [0, 0.1) is 27.7 Å². The Labute approximate surface area is 107 Å². The third-order valence-corrected chi connectivity index (χ3v) is 2.57. The molecule has 0 heterocycles. The van der Waals surface area contributed by atoms with Gasteiger partial charge in [0.2, 0.25) is 5.82 Å². The highest BCUT2D eigenvalue weighted by molar-refractivity contribution is 5.71. The Kier molecular flexibility index (Phi) is 4.36. The van der Waals surface area contributed by atoms with Gasteiger partial charge in [0, 0.05) is 25.7 Å². The first-order valence-corrected chi connectivity index (χ1v) is 5.31. The Morgan fingerprint density at radius 3 is 2.58 bits per heavy atom. The van der Waals surface area contributed by atoms with Gasteiger partial charge in [-0.1, -0.05) is 6.92 Å². The Hall–Kier alpha value is -2.25. The van der Waals surface area contributed by atoms with Gasteiger partial charge in [-0.15, -0.1) is 0 Å². The summed E-state index contributed by atoms with van der Waals surface area (Å²) in [5.74, 6) is -4.20. The number of halogens is 2. The lowest BCUT2D eigenvalue weighted by molar-refractivity contribution is -0.386. The van der Waals surface area contributed by atoms with E-state index in [9.17, 15) is 23.7 Å². The van der Waals surface area contributed by atoms with Gasteiger partial charge in [-0.2, -0.15) is 4.39 Å². The van der Waals surface area contributed by atoms with Crippen molar-refractivity contribution in [1.29, 1.82) is 0 Å². The molecule has 0 spiro atoms. The standard InChI is InChI=1S/C11H12F2N2O4/c1-6(11(16)17)5-14(2)9-4-7(12)3-8(13)10(9)15(18)19/h3-4,6H,5H2,1-2H3,(H,16,17). The molecule has 0 aliphatic heterocycles. The van der Waals surface area contributed by atoms with Crippen LogP contribution >= 0.6 is 0 Å². The second-order valence-electron chi connectivity index (χ2n) is 4.13. The van der Waals surface area contributed by atoms with E-state index in [0.717, 1.165) is 11.0 Å². The van der Waals surface area contributed by atoms with Crippen molar-refractivity contribution in [3.05, 3.63) is 33.9 Å². The second-order valence-corrected chi connectivity index (χ2v) is 4.13. The van der Waals surface area contributed by atoms with Crippen LogP contribution in [-0.2, 0) is 4.79 Å². The number of hydrogen-bond donors (Lipinski definition) is 1. The van der Waals surface area contributed by atoms with Gasteiger partial charge in [0.25, 0.3) is 0 Å². The van der Waals surface area contributed by atoms with Crippen molar-refractivity contribution >= 4 is 17.3 Å². The van der Waals surface area contributed by atoms with Crippen LogP contribution in [0.25, 0.3) is 0 Å². The van der Waals surface area contributed by atoms with E-state index in [4.69, 9.17) is 5.11 Å². The van der Waals surface area contributed by atoms with E-state index in [-0.39, 0.29) is 12.2 Å². The maximum atomic E-state index is 13.4. The smallest absolute Gasteiger partial charge is 0.328 e. The molecule has 0 bridgehead atoms. The molecule has 0 saturated carbocycles. The van der Waals surface area contributed by atoms with Crippen LogP contribution in [0.3, 0.4) is 0 Å². The van der Waals surface area contributed by atoms with Crippen LogP contribution in [0.15, 0.2) is 12.1 Å². The van der Waals surface area contributed by atoms with Crippen LogP contribution in [0.1, 0.15) is 6.92 Å². The minimum atomic E-state index is -1.30. The number of nitrogens with zero attached hydrogens (tertiary/aromatic N) is 2. The van der Waals surface area contributed by atoms with Crippen LogP contribution in [-0.4, -0.2) is 29.6 Å². The fourth-order valence-corrected chi connectivity index (χ4v) is 1.61. The number of nitro benzene ring substituents is 1. The highest BCUT2D eigenvalue weighted by Gasteiger charge is 2.26. The molecule has 1 aromatic carbocycles. The normalized spacial score (nSPS) is 12.0. The molecule has 19 heavy (non-hydrogen) atoms. The molecule has 6 nitrogen and oxygen atoms in total.